The molecule has 3 aromatic carbocycles. The first-order valence-corrected chi connectivity index (χ1v) is 31.7. The van der Waals surface area contributed by atoms with E-state index in [1.54, 1.807) is 42.3 Å². The van der Waals surface area contributed by atoms with Gasteiger partial charge in [0.15, 0.2) is 18.4 Å². The smallest absolute Gasteiger partial charge is 0.410 e. The Labute approximate surface area is 519 Å². The molecular weight excluding hydrogens is 1140 g/mol. The van der Waals surface area contributed by atoms with E-state index in [2.05, 4.69) is 35.8 Å². The molecule has 3 atom stereocenters. The molecule has 6 saturated heterocycles. The third-order valence-electron chi connectivity index (χ3n) is 19.1. The Morgan fingerprint density at radius 2 is 1.54 bits per heavy atom. The van der Waals surface area contributed by atoms with E-state index in [1.165, 1.54) is 43.5 Å². The molecule has 1 N–H and O–H groups in total. The van der Waals surface area contributed by atoms with Gasteiger partial charge in [-0.3, -0.25) is 34.5 Å². The Morgan fingerprint density at radius 3 is 2.18 bits per heavy atom. The van der Waals surface area contributed by atoms with Crippen LogP contribution in [0.3, 0.4) is 0 Å². The summed E-state index contributed by atoms with van der Waals surface area (Å²) in [5, 5.41) is 3.57. The molecule has 6 fully saturated rings. The summed E-state index contributed by atoms with van der Waals surface area (Å²) in [7, 11) is 3.20. The molecule has 0 radical (unpaired) electrons. The molecule has 19 nitrogen and oxygen atoms in total. The zero-order valence-corrected chi connectivity index (χ0v) is 52.4. The number of nitrogens with zero attached hydrogens (tertiary/aromatic N) is 10. The number of fused-ring (bicyclic) bond motifs is 4. The van der Waals surface area contributed by atoms with Crippen LogP contribution in [0.15, 0.2) is 42.6 Å². The maximum atomic E-state index is 17.6. The van der Waals surface area contributed by atoms with Gasteiger partial charge < -0.3 is 43.4 Å². The van der Waals surface area contributed by atoms with Crippen molar-refractivity contribution in [2.45, 2.75) is 135 Å². The summed E-state index contributed by atoms with van der Waals surface area (Å²) in [4.78, 5) is 79.1. The number of pyridine rings is 1. The molecule has 4 amide bonds. The third kappa shape index (κ3) is 13.7. The summed E-state index contributed by atoms with van der Waals surface area (Å²) in [5.41, 5.74) is 0.404. The van der Waals surface area contributed by atoms with Crippen molar-refractivity contribution in [3.8, 4) is 35.4 Å². The Hall–Kier alpha value is -7.48. The Balaban J connectivity index is 0.699. The van der Waals surface area contributed by atoms with Crippen molar-refractivity contribution in [2.75, 3.05) is 113 Å². The number of halogens is 3. The van der Waals surface area contributed by atoms with Gasteiger partial charge >= 0.3 is 12.1 Å². The number of hydrogen-bond acceptors (Lipinski definition) is 16. The van der Waals surface area contributed by atoms with Gasteiger partial charge in [0.25, 0.3) is 0 Å². The predicted octanol–water partition coefficient (Wildman–Crippen LogP) is 9.54. The highest BCUT2D eigenvalue weighted by Crippen LogP contribution is 2.43. The van der Waals surface area contributed by atoms with Crippen LogP contribution < -0.4 is 34.4 Å². The second-order valence-electron chi connectivity index (χ2n) is 26.4. The molecule has 2 aromatic heterocycles. The van der Waals surface area contributed by atoms with Gasteiger partial charge in [-0.25, -0.2) is 18.0 Å². The van der Waals surface area contributed by atoms with E-state index in [0.29, 0.717) is 102 Å². The minimum atomic E-state index is -0.766. The van der Waals surface area contributed by atoms with Crippen molar-refractivity contribution in [3.05, 3.63) is 65.6 Å². The fraction of sp³-hybridized carbons (Fsp3) is 0.567. The Kier molecular flexibility index (Phi) is 19.1. The van der Waals surface area contributed by atoms with Crippen LogP contribution in [0.1, 0.15) is 111 Å². The number of amides is 4. The summed E-state index contributed by atoms with van der Waals surface area (Å²) in [6.45, 7) is 17.3. The lowest BCUT2D eigenvalue weighted by Gasteiger charge is -2.42. The van der Waals surface area contributed by atoms with Gasteiger partial charge in [-0.15, -0.1) is 6.42 Å². The maximum Gasteiger partial charge on any atom is 0.410 e. The van der Waals surface area contributed by atoms with Crippen LogP contribution in [0, 0.1) is 47.5 Å². The minimum Gasteiger partial charge on any atom is -0.468 e. The van der Waals surface area contributed by atoms with Crippen molar-refractivity contribution < 1.29 is 51.3 Å². The monoisotopic (exact) mass is 1230 g/mol. The molecule has 2 bridgehead atoms. The normalized spacial score (nSPS) is 21.0. The van der Waals surface area contributed by atoms with Crippen LogP contribution in [-0.4, -0.2) is 177 Å². The second kappa shape index (κ2) is 26.9. The van der Waals surface area contributed by atoms with Gasteiger partial charge in [0.05, 0.1) is 34.4 Å². The SMILES string of the molecule is C#Cc1c(F)ccc2cc(OCOC)cc(-c3ncc4c(N5CC6CCC(C5)N6C(=O)OC(C)(C)C)nc(OCCN5CCC(CC6CCN(CC7CCN(c8ccc(N(C)C9CCC(=O)NC9=O)c(N(C=O)C(C)C)c8F)CC7)CC6)CC5)nc4c3F)c12. The molecule has 6 aliphatic rings. The lowest BCUT2D eigenvalue weighted by atomic mass is 9.82. The minimum absolute atomic E-state index is 0.00867. The first-order chi connectivity index (χ1) is 42.8. The van der Waals surface area contributed by atoms with Crippen LogP contribution >= 0.6 is 0 Å². The van der Waals surface area contributed by atoms with Gasteiger partial charge in [-0.1, -0.05) is 12.0 Å². The molecule has 89 heavy (non-hydrogen) atoms. The zero-order chi connectivity index (χ0) is 62.8. The molecule has 476 valence electrons. The molecule has 11 rings (SSSR count). The maximum absolute atomic E-state index is 17.6. The number of rotatable bonds is 19. The van der Waals surface area contributed by atoms with Gasteiger partial charge in [-0.2, -0.15) is 9.97 Å². The molecule has 6 aliphatic heterocycles. The number of likely N-dealkylation sites (tertiary alicyclic amines) is 2. The van der Waals surface area contributed by atoms with E-state index >= 15 is 13.2 Å². The van der Waals surface area contributed by atoms with Crippen molar-refractivity contribution in [1.29, 1.82) is 0 Å². The van der Waals surface area contributed by atoms with Crippen LogP contribution in [0.5, 0.6) is 11.8 Å². The Morgan fingerprint density at radius 1 is 0.854 bits per heavy atom. The van der Waals surface area contributed by atoms with E-state index < -0.39 is 35.0 Å². The molecule has 8 heterocycles. The molecule has 0 saturated carbocycles. The number of aromatic nitrogens is 3. The van der Waals surface area contributed by atoms with E-state index in [1.807, 2.05) is 39.5 Å². The summed E-state index contributed by atoms with van der Waals surface area (Å²) < 4.78 is 73.0. The number of likely N-dealkylation sites (N-methyl/N-ethyl adjacent to an activating group) is 1. The number of nitrogens with one attached hydrogen (secondary N) is 1. The number of piperidine rings is 4. The number of benzene rings is 3. The topological polar surface area (TPSA) is 179 Å². The van der Waals surface area contributed by atoms with Crippen LogP contribution in [0.4, 0.5) is 40.8 Å². The number of imide groups is 1. The Bertz CT molecular complexity index is 3470. The number of anilines is 4. The zero-order valence-electron chi connectivity index (χ0n) is 52.4. The van der Waals surface area contributed by atoms with Crippen LogP contribution in [-0.2, 0) is 23.9 Å². The van der Waals surface area contributed by atoms with E-state index in [-0.39, 0.29) is 84.0 Å². The summed E-state index contributed by atoms with van der Waals surface area (Å²) in [5.74, 6) is 2.41. The number of terminal acetylenes is 1. The van der Waals surface area contributed by atoms with Crippen molar-refractivity contribution in [2.24, 2.45) is 17.8 Å². The van der Waals surface area contributed by atoms with E-state index in [9.17, 15) is 19.2 Å². The number of hydrogen-bond donors (Lipinski definition) is 1. The summed E-state index contributed by atoms with van der Waals surface area (Å²) in [6.07, 6.45) is 17.4. The average Bonchev–Trinajstić information content (AvgIpc) is 1.48. The fourth-order valence-corrected chi connectivity index (χ4v) is 14.4. The number of carbonyl (C=O) groups excluding carboxylic acids is 4. The highest BCUT2D eigenvalue weighted by atomic mass is 19.1. The molecule has 3 unspecified atom stereocenters. The molecule has 0 spiro atoms. The van der Waals surface area contributed by atoms with E-state index in [0.717, 1.165) is 71.2 Å². The summed E-state index contributed by atoms with van der Waals surface area (Å²) >= 11 is 0. The third-order valence-corrected chi connectivity index (χ3v) is 19.1. The van der Waals surface area contributed by atoms with Crippen LogP contribution in [0.25, 0.3) is 32.9 Å². The van der Waals surface area contributed by atoms with Crippen molar-refractivity contribution in [1.82, 2.24) is 35.0 Å². The van der Waals surface area contributed by atoms with Crippen molar-refractivity contribution >= 4 is 68.9 Å². The standard InChI is InChI=1S/C67H84F3N11O8/c1-9-49-52(68)13-10-45-33-48(88-40-86-8)34-50(57(45)49)60-59(70)61-51(35-71-60)63(79-37-46-11-12-47(38-79)81(46)66(85)89-67(4,5)6)74-65(73-61)87-31-30-76-24-18-42(19-25-76)32-43-20-26-77(27-21-43)36-44-22-28-78(29-23-44)53-14-15-54(62(58(53)69)80(39-82)41(2)3)75(7)55-16-17-56(83)72-64(55)84/h1,10,13-15,33-35,39,41-44,46-47,55H,11-12,16-32,36-38,40H2,2-8H3,(H,72,83,84). The first kappa shape index (κ1) is 63.1. The van der Waals surface area contributed by atoms with E-state index in [4.69, 9.17) is 35.3 Å². The van der Waals surface area contributed by atoms with Gasteiger partial charge in [0.2, 0.25) is 18.2 Å². The molecular formula is C67H84F3N11O8. The average molecular weight is 1230 g/mol. The highest BCUT2D eigenvalue weighted by Gasteiger charge is 2.45. The van der Waals surface area contributed by atoms with Gasteiger partial charge in [0, 0.05) is 83.0 Å². The lowest BCUT2D eigenvalue weighted by molar-refractivity contribution is -0.134. The predicted molar refractivity (Wildman–Crippen MR) is 336 cm³/mol. The summed E-state index contributed by atoms with van der Waals surface area (Å²) in [6, 6.07) is 8.34. The number of piperazine rings is 1. The molecule has 0 aliphatic carbocycles. The highest BCUT2D eigenvalue weighted by molar-refractivity contribution is 6.04. The van der Waals surface area contributed by atoms with Crippen molar-refractivity contribution in [3.63, 3.8) is 0 Å². The molecule has 5 aromatic rings. The number of carbonyl (C=O) groups is 4. The number of ether oxygens (including phenoxy) is 4. The van der Waals surface area contributed by atoms with Gasteiger partial charge in [-0.05, 0) is 178 Å². The number of methoxy groups -OCH3 is 1. The second-order valence-corrected chi connectivity index (χ2v) is 26.4. The lowest BCUT2D eigenvalue weighted by Crippen LogP contribution is -2.57. The largest absolute Gasteiger partial charge is 0.468 e. The quantitative estimate of drug-likeness (QED) is 0.0357. The fourth-order valence-electron chi connectivity index (χ4n) is 14.4. The van der Waals surface area contributed by atoms with Gasteiger partial charge in [0.1, 0.15) is 52.5 Å². The van der Waals surface area contributed by atoms with Crippen LogP contribution in [0.2, 0.25) is 0 Å². The first-order valence-electron chi connectivity index (χ1n) is 31.7. The molecule has 22 heteroatoms.